The number of ether oxygens (including phenoxy) is 1. The summed E-state index contributed by atoms with van der Waals surface area (Å²) in [5.74, 6) is -1.56. The van der Waals surface area contributed by atoms with E-state index >= 15 is 0 Å². The summed E-state index contributed by atoms with van der Waals surface area (Å²) in [6, 6.07) is 0.661. The first-order valence-corrected chi connectivity index (χ1v) is 7.34. The molecule has 0 atom stereocenters. The second-order valence-electron chi connectivity index (χ2n) is 5.19. The number of nitrogens with zero attached hydrogens (tertiary/aromatic N) is 1. The molecule has 1 aromatic rings. The van der Waals surface area contributed by atoms with Gasteiger partial charge in [0.2, 0.25) is 0 Å². The van der Waals surface area contributed by atoms with Gasteiger partial charge in [0.25, 0.3) is 5.91 Å². The van der Waals surface area contributed by atoms with Gasteiger partial charge in [0.05, 0.1) is 16.5 Å². The lowest BCUT2D eigenvalue weighted by Crippen LogP contribution is -2.24. The minimum atomic E-state index is -4.57. The molecule has 5 nitrogen and oxygen atoms in total. The molecule has 126 valence electrons. The summed E-state index contributed by atoms with van der Waals surface area (Å²) in [5, 5.41) is 1.86. The third-order valence-corrected chi connectivity index (χ3v) is 3.75. The Kier molecular flexibility index (Phi) is 5.46. The number of halogens is 4. The number of hydrogen-bond donors (Lipinski definition) is 1. The van der Waals surface area contributed by atoms with Crippen molar-refractivity contribution in [1.82, 2.24) is 4.98 Å². The maximum absolute atomic E-state index is 12.5. The van der Waals surface area contributed by atoms with E-state index in [1.165, 1.54) is 0 Å². The Hall–Kier alpha value is -1.83. The Labute approximate surface area is 135 Å². The molecule has 0 unspecified atom stereocenters. The number of hydrogen-bond acceptors (Lipinski definition) is 4. The number of esters is 1. The summed E-state index contributed by atoms with van der Waals surface area (Å²) < 4.78 is 42.3. The lowest BCUT2D eigenvalue weighted by Gasteiger charge is -2.11. The third-order valence-electron chi connectivity index (χ3n) is 3.46. The molecular weight excluding hydrogens is 337 g/mol. The molecule has 1 N–H and O–H groups in total. The average molecular weight is 351 g/mol. The van der Waals surface area contributed by atoms with Gasteiger partial charge in [-0.05, 0) is 18.9 Å². The van der Waals surface area contributed by atoms with E-state index in [4.69, 9.17) is 16.3 Å². The van der Waals surface area contributed by atoms with Gasteiger partial charge in [-0.1, -0.05) is 24.4 Å². The van der Waals surface area contributed by atoms with Crippen LogP contribution in [0.15, 0.2) is 12.3 Å². The van der Waals surface area contributed by atoms with Crippen molar-refractivity contribution < 1.29 is 27.5 Å². The van der Waals surface area contributed by atoms with Crippen LogP contribution in [-0.4, -0.2) is 23.5 Å². The van der Waals surface area contributed by atoms with E-state index in [1.54, 1.807) is 0 Å². The summed E-state index contributed by atoms with van der Waals surface area (Å²) in [6.07, 6.45) is -0.615. The first kappa shape index (κ1) is 17.5. The zero-order chi connectivity index (χ0) is 17.0. The highest BCUT2D eigenvalue weighted by molar-refractivity contribution is 6.33. The van der Waals surface area contributed by atoms with Crippen LogP contribution in [0.4, 0.5) is 19.0 Å². The summed E-state index contributed by atoms with van der Waals surface area (Å²) >= 11 is 5.66. The number of pyridine rings is 1. The quantitative estimate of drug-likeness (QED) is 0.845. The SMILES string of the molecule is O=C(COC(=O)C1CCCC1)Nc1ncc(C(F)(F)F)cc1Cl. The van der Waals surface area contributed by atoms with Gasteiger partial charge in [-0.3, -0.25) is 9.59 Å². The van der Waals surface area contributed by atoms with Gasteiger partial charge in [-0.2, -0.15) is 13.2 Å². The molecule has 1 aliphatic rings. The minimum absolute atomic E-state index is 0.185. The molecule has 0 aliphatic heterocycles. The molecular formula is C14H14ClF3N2O3. The Balaban J connectivity index is 1.88. The van der Waals surface area contributed by atoms with E-state index in [-0.39, 0.29) is 16.8 Å². The Morgan fingerprint density at radius 2 is 2.00 bits per heavy atom. The van der Waals surface area contributed by atoms with Gasteiger partial charge in [0, 0.05) is 6.20 Å². The molecule has 1 aromatic heterocycles. The molecule has 0 aromatic carbocycles. The van der Waals surface area contributed by atoms with Crippen LogP contribution in [0, 0.1) is 5.92 Å². The van der Waals surface area contributed by atoms with Gasteiger partial charge in [-0.15, -0.1) is 0 Å². The van der Waals surface area contributed by atoms with Gasteiger partial charge in [0.15, 0.2) is 12.4 Å². The number of carbonyl (C=O) groups is 2. The first-order valence-electron chi connectivity index (χ1n) is 6.96. The van der Waals surface area contributed by atoms with Crippen molar-refractivity contribution >= 4 is 29.3 Å². The summed E-state index contributed by atoms with van der Waals surface area (Å²) in [7, 11) is 0. The van der Waals surface area contributed by atoms with E-state index in [0.29, 0.717) is 12.3 Å². The smallest absolute Gasteiger partial charge is 0.417 e. The molecule has 1 amide bonds. The molecule has 0 bridgehead atoms. The van der Waals surface area contributed by atoms with Crippen LogP contribution in [0.5, 0.6) is 0 Å². The maximum Gasteiger partial charge on any atom is 0.417 e. The largest absolute Gasteiger partial charge is 0.455 e. The molecule has 1 saturated carbocycles. The molecule has 9 heteroatoms. The molecule has 1 aliphatic carbocycles. The highest BCUT2D eigenvalue weighted by Gasteiger charge is 2.31. The molecule has 1 fully saturated rings. The number of aromatic nitrogens is 1. The maximum atomic E-state index is 12.5. The van der Waals surface area contributed by atoms with Crippen molar-refractivity contribution in [1.29, 1.82) is 0 Å². The topological polar surface area (TPSA) is 68.3 Å². The number of nitrogens with one attached hydrogen (secondary N) is 1. The van der Waals surface area contributed by atoms with Crippen molar-refractivity contribution in [2.75, 3.05) is 11.9 Å². The van der Waals surface area contributed by atoms with E-state index in [1.807, 2.05) is 0 Å². The van der Waals surface area contributed by atoms with Crippen molar-refractivity contribution in [3.8, 4) is 0 Å². The third kappa shape index (κ3) is 4.82. The second kappa shape index (κ2) is 7.16. The fourth-order valence-corrected chi connectivity index (χ4v) is 2.48. The Morgan fingerprint density at radius 1 is 1.35 bits per heavy atom. The Bertz CT molecular complexity index is 601. The summed E-state index contributed by atoms with van der Waals surface area (Å²) in [4.78, 5) is 26.8. The fraction of sp³-hybridized carbons (Fsp3) is 0.500. The molecule has 0 saturated heterocycles. The van der Waals surface area contributed by atoms with Crippen LogP contribution < -0.4 is 5.32 Å². The van der Waals surface area contributed by atoms with Crippen LogP contribution in [0.25, 0.3) is 0 Å². The van der Waals surface area contributed by atoms with Crippen LogP contribution in [0.3, 0.4) is 0 Å². The summed E-state index contributed by atoms with van der Waals surface area (Å²) in [5.41, 5.74) is -1.02. The fourth-order valence-electron chi connectivity index (χ4n) is 2.27. The van der Waals surface area contributed by atoms with Crippen molar-refractivity contribution in [2.24, 2.45) is 5.92 Å². The second-order valence-corrected chi connectivity index (χ2v) is 5.60. The highest BCUT2D eigenvalue weighted by Crippen LogP contribution is 2.32. The first-order chi connectivity index (χ1) is 10.8. The standard InChI is InChI=1S/C14H14ClF3N2O3/c15-10-5-9(14(16,17)18)6-19-12(10)20-11(21)7-23-13(22)8-3-1-2-4-8/h5-6,8H,1-4,7H2,(H,19,20,21). The lowest BCUT2D eigenvalue weighted by molar-refractivity contribution is -0.151. The molecule has 23 heavy (non-hydrogen) atoms. The van der Waals surface area contributed by atoms with Gasteiger partial charge in [-0.25, -0.2) is 4.98 Å². The lowest BCUT2D eigenvalue weighted by atomic mass is 10.1. The zero-order valence-electron chi connectivity index (χ0n) is 12.0. The molecule has 0 spiro atoms. The zero-order valence-corrected chi connectivity index (χ0v) is 12.7. The predicted molar refractivity (Wildman–Crippen MR) is 75.8 cm³/mol. The number of amides is 1. The van der Waals surface area contributed by atoms with Gasteiger partial charge in [0.1, 0.15) is 0 Å². The van der Waals surface area contributed by atoms with Crippen LogP contribution in [0.1, 0.15) is 31.2 Å². The number of alkyl halides is 3. The Morgan fingerprint density at radius 3 is 2.57 bits per heavy atom. The van der Waals surface area contributed by atoms with Crippen molar-refractivity contribution in [2.45, 2.75) is 31.9 Å². The van der Waals surface area contributed by atoms with E-state index < -0.39 is 30.2 Å². The summed E-state index contributed by atoms with van der Waals surface area (Å²) in [6.45, 7) is -0.533. The van der Waals surface area contributed by atoms with Crippen LogP contribution in [0.2, 0.25) is 5.02 Å². The van der Waals surface area contributed by atoms with Crippen molar-refractivity contribution in [3.63, 3.8) is 0 Å². The van der Waals surface area contributed by atoms with Crippen molar-refractivity contribution in [3.05, 3.63) is 22.8 Å². The minimum Gasteiger partial charge on any atom is -0.455 e. The van der Waals surface area contributed by atoms with Gasteiger partial charge < -0.3 is 10.1 Å². The monoisotopic (exact) mass is 350 g/mol. The van der Waals surface area contributed by atoms with E-state index in [2.05, 4.69) is 10.3 Å². The number of rotatable bonds is 4. The molecule has 1 heterocycles. The number of carbonyl (C=O) groups excluding carboxylic acids is 2. The van der Waals surface area contributed by atoms with Gasteiger partial charge >= 0.3 is 12.1 Å². The van der Waals surface area contributed by atoms with Crippen LogP contribution >= 0.6 is 11.6 Å². The predicted octanol–water partition coefficient (Wildman–Crippen LogP) is 3.43. The highest BCUT2D eigenvalue weighted by atomic mass is 35.5. The van der Waals surface area contributed by atoms with E-state index in [9.17, 15) is 22.8 Å². The van der Waals surface area contributed by atoms with Crippen LogP contribution in [-0.2, 0) is 20.5 Å². The molecule has 2 rings (SSSR count). The molecule has 0 radical (unpaired) electrons. The normalized spacial score (nSPS) is 15.5. The number of anilines is 1. The average Bonchev–Trinajstić information content (AvgIpc) is 3.00. The van der Waals surface area contributed by atoms with E-state index in [0.717, 1.165) is 25.7 Å².